The van der Waals surface area contributed by atoms with E-state index in [0.29, 0.717) is 40.8 Å². The third-order valence-electron chi connectivity index (χ3n) is 5.32. The van der Waals surface area contributed by atoms with E-state index in [-0.39, 0.29) is 16.8 Å². The lowest BCUT2D eigenvalue weighted by atomic mass is 9.98. The van der Waals surface area contributed by atoms with Crippen molar-refractivity contribution in [1.29, 1.82) is 0 Å². The molecule has 4 aromatic rings. The van der Waals surface area contributed by atoms with Crippen molar-refractivity contribution in [2.45, 2.75) is 13.0 Å². The van der Waals surface area contributed by atoms with Gasteiger partial charge in [-0.25, -0.2) is 4.98 Å². The standard InChI is InChI=1S/C25H20N2O5S/c1-3-11-31-16-7-5-6-15(13-16)21-20-22(28)18-9-8-17(30-4-2)14-19(18)32-23(20)24(29)27(21)25-26-10-12-33-25/h3,5-10,12-14,21H,1,4,11H2,2H3. The first-order valence-electron chi connectivity index (χ1n) is 10.4. The predicted molar refractivity (Wildman–Crippen MR) is 127 cm³/mol. The number of anilines is 1. The molecule has 1 unspecified atom stereocenters. The molecule has 2 aromatic carbocycles. The van der Waals surface area contributed by atoms with Crippen molar-refractivity contribution in [3.05, 3.63) is 93.8 Å². The van der Waals surface area contributed by atoms with Crippen molar-refractivity contribution in [2.75, 3.05) is 18.1 Å². The molecule has 166 valence electrons. The summed E-state index contributed by atoms with van der Waals surface area (Å²) in [5.41, 5.74) is 1.05. The minimum absolute atomic E-state index is 0.0127. The summed E-state index contributed by atoms with van der Waals surface area (Å²) >= 11 is 1.32. The molecule has 8 heteroatoms. The van der Waals surface area contributed by atoms with Crippen LogP contribution in [-0.2, 0) is 0 Å². The van der Waals surface area contributed by atoms with Crippen LogP contribution >= 0.6 is 11.3 Å². The molecule has 1 aliphatic rings. The second-order valence-corrected chi connectivity index (χ2v) is 8.20. The lowest BCUT2D eigenvalue weighted by Gasteiger charge is -2.23. The zero-order valence-electron chi connectivity index (χ0n) is 17.8. The normalized spacial score (nSPS) is 15.0. The Hall–Kier alpha value is -3.91. The van der Waals surface area contributed by atoms with Gasteiger partial charge in [-0.05, 0) is 36.8 Å². The number of carbonyl (C=O) groups is 1. The number of fused-ring (bicyclic) bond motifs is 2. The van der Waals surface area contributed by atoms with E-state index in [1.807, 2.05) is 31.2 Å². The largest absolute Gasteiger partial charge is 0.494 e. The van der Waals surface area contributed by atoms with Gasteiger partial charge in [-0.1, -0.05) is 24.8 Å². The summed E-state index contributed by atoms with van der Waals surface area (Å²) in [5.74, 6) is 0.778. The molecule has 0 saturated heterocycles. The molecular weight excluding hydrogens is 440 g/mol. The van der Waals surface area contributed by atoms with Gasteiger partial charge < -0.3 is 13.9 Å². The van der Waals surface area contributed by atoms with Crippen LogP contribution in [0.5, 0.6) is 11.5 Å². The highest BCUT2D eigenvalue weighted by atomic mass is 32.1. The average Bonchev–Trinajstić information content (AvgIpc) is 3.45. The van der Waals surface area contributed by atoms with Gasteiger partial charge >= 0.3 is 0 Å². The predicted octanol–water partition coefficient (Wildman–Crippen LogP) is 4.96. The van der Waals surface area contributed by atoms with Gasteiger partial charge in [-0.15, -0.1) is 11.3 Å². The quantitative estimate of drug-likeness (QED) is 0.363. The SMILES string of the molecule is C=CCOc1cccc(C2c3c(oc4cc(OCC)ccc4c3=O)C(=O)N2c2nccs2)c1. The van der Waals surface area contributed by atoms with Crippen LogP contribution in [0.25, 0.3) is 11.0 Å². The first-order valence-corrected chi connectivity index (χ1v) is 11.3. The van der Waals surface area contributed by atoms with E-state index in [2.05, 4.69) is 11.6 Å². The maximum absolute atomic E-state index is 13.6. The summed E-state index contributed by atoms with van der Waals surface area (Å²) in [7, 11) is 0. The Bertz CT molecular complexity index is 1410. The highest BCUT2D eigenvalue weighted by Crippen LogP contribution is 2.42. The molecule has 1 aliphatic heterocycles. The van der Waals surface area contributed by atoms with Crippen LogP contribution in [0.2, 0.25) is 0 Å². The van der Waals surface area contributed by atoms with Gasteiger partial charge in [0.15, 0.2) is 10.6 Å². The number of thiazole rings is 1. The molecule has 7 nitrogen and oxygen atoms in total. The molecule has 1 amide bonds. The van der Waals surface area contributed by atoms with Gasteiger partial charge in [0.25, 0.3) is 5.91 Å². The summed E-state index contributed by atoms with van der Waals surface area (Å²) in [4.78, 5) is 33.0. The minimum atomic E-state index is -0.696. The summed E-state index contributed by atoms with van der Waals surface area (Å²) in [6, 6.07) is 11.7. The summed E-state index contributed by atoms with van der Waals surface area (Å²) in [6.45, 7) is 6.36. The Balaban J connectivity index is 1.72. The van der Waals surface area contributed by atoms with Crippen LogP contribution < -0.4 is 19.8 Å². The molecule has 0 radical (unpaired) electrons. The lowest BCUT2D eigenvalue weighted by molar-refractivity contribution is 0.0971. The van der Waals surface area contributed by atoms with Gasteiger partial charge in [0.1, 0.15) is 23.7 Å². The van der Waals surface area contributed by atoms with Gasteiger partial charge in [0.2, 0.25) is 5.76 Å². The number of rotatable bonds is 7. The van der Waals surface area contributed by atoms with Crippen LogP contribution in [0.3, 0.4) is 0 Å². The van der Waals surface area contributed by atoms with Crippen LogP contribution in [0, 0.1) is 0 Å². The zero-order valence-corrected chi connectivity index (χ0v) is 18.6. The van der Waals surface area contributed by atoms with Gasteiger partial charge in [0.05, 0.1) is 23.6 Å². The van der Waals surface area contributed by atoms with Crippen LogP contribution in [0.15, 0.2) is 75.9 Å². The molecule has 0 saturated carbocycles. The molecule has 5 rings (SSSR count). The zero-order chi connectivity index (χ0) is 22.9. The number of hydrogen-bond donors (Lipinski definition) is 0. The van der Waals surface area contributed by atoms with Crippen LogP contribution in [-0.4, -0.2) is 24.1 Å². The maximum atomic E-state index is 13.6. The fourth-order valence-corrected chi connectivity index (χ4v) is 4.65. The molecule has 3 heterocycles. The van der Waals surface area contributed by atoms with Crippen molar-refractivity contribution in [3.8, 4) is 11.5 Å². The minimum Gasteiger partial charge on any atom is -0.494 e. The summed E-state index contributed by atoms with van der Waals surface area (Å²) in [5, 5.41) is 2.65. The molecule has 0 fully saturated rings. The number of aromatic nitrogens is 1. The topological polar surface area (TPSA) is 81.9 Å². The fraction of sp³-hybridized carbons (Fsp3) is 0.160. The Kier molecular flexibility index (Phi) is 5.43. The Labute approximate surface area is 193 Å². The molecule has 2 aromatic heterocycles. The van der Waals surface area contributed by atoms with E-state index in [1.165, 1.54) is 16.2 Å². The number of ether oxygens (including phenoxy) is 2. The average molecular weight is 461 g/mol. The second-order valence-electron chi connectivity index (χ2n) is 7.33. The Morgan fingerprint density at radius 2 is 2.03 bits per heavy atom. The molecular formula is C25H20N2O5S. The smallest absolute Gasteiger partial charge is 0.297 e. The van der Waals surface area contributed by atoms with E-state index in [9.17, 15) is 9.59 Å². The number of nitrogens with zero attached hydrogens (tertiary/aromatic N) is 2. The van der Waals surface area contributed by atoms with E-state index in [1.54, 1.807) is 35.9 Å². The van der Waals surface area contributed by atoms with Crippen LogP contribution in [0.4, 0.5) is 5.13 Å². The number of benzene rings is 2. The highest BCUT2D eigenvalue weighted by molar-refractivity contribution is 7.13. The molecule has 0 aliphatic carbocycles. The third kappa shape index (κ3) is 3.58. The maximum Gasteiger partial charge on any atom is 0.297 e. The first kappa shape index (κ1) is 21.0. The van der Waals surface area contributed by atoms with Crippen molar-refractivity contribution in [3.63, 3.8) is 0 Å². The second kappa shape index (κ2) is 8.55. The van der Waals surface area contributed by atoms with E-state index in [4.69, 9.17) is 13.9 Å². The van der Waals surface area contributed by atoms with Crippen molar-refractivity contribution in [1.82, 2.24) is 4.98 Å². The van der Waals surface area contributed by atoms with Crippen molar-refractivity contribution in [2.24, 2.45) is 0 Å². The van der Waals surface area contributed by atoms with Gasteiger partial charge in [0, 0.05) is 17.6 Å². The van der Waals surface area contributed by atoms with Crippen LogP contribution in [0.1, 0.15) is 34.6 Å². The molecule has 0 spiro atoms. The monoisotopic (exact) mass is 460 g/mol. The first-order chi connectivity index (χ1) is 16.1. The van der Waals surface area contributed by atoms with Gasteiger partial charge in [-0.3, -0.25) is 14.5 Å². The van der Waals surface area contributed by atoms with Gasteiger partial charge in [-0.2, -0.15) is 0 Å². The lowest BCUT2D eigenvalue weighted by Crippen LogP contribution is -2.29. The third-order valence-corrected chi connectivity index (χ3v) is 6.09. The fourth-order valence-electron chi connectivity index (χ4n) is 3.98. The molecule has 0 N–H and O–H groups in total. The molecule has 1 atom stereocenters. The molecule has 0 bridgehead atoms. The van der Waals surface area contributed by atoms with E-state index < -0.39 is 11.9 Å². The number of carbonyl (C=O) groups excluding carboxylic acids is 1. The van der Waals surface area contributed by atoms with E-state index >= 15 is 0 Å². The highest BCUT2D eigenvalue weighted by Gasteiger charge is 2.44. The summed E-state index contributed by atoms with van der Waals surface area (Å²) in [6.07, 6.45) is 3.28. The number of amides is 1. The Morgan fingerprint density at radius 1 is 1.18 bits per heavy atom. The molecule has 33 heavy (non-hydrogen) atoms. The number of hydrogen-bond acceptors (Lipinski definition) is 7. The Morgan fingerprint density at radius 3 is 2.79 bits per heavy atom. The van der Waals surface area contributed by atoms with Crippen molar-refractivity contribution < 1.29 is 18.7 Å². The van der Waals surface area contributed by atoms with Crippen molar-refractivity contribution >= 4 is 33.3 Å². The van der Waals surface area contributed by atoms with E-state index in [0.717, 1.165) is 5.56 Å². The summed E-state index contributed by atoms with van der Waals surface area (Å²) < 4.78 is 17.2.